The zero-order chi connectivity index (χ0) is 31.7. The quantitative estimate of drug-likeness (QED) is 0.190. The van der Waals surface area contributed by atoms with Crippen LogP contribution in [-0.2, 0) is 16.2 Å². The molecule has 0 saturated carbocycles. The summed E-state index contributed by atoms with van der Waals surface area (Å²) >= 11 is 6.95. The van der Waals surface area contributed by atoms with Gasteiger partial charge < -0.3 is 10.4 Å². The van der Waals surface area contributed by atoms with E-state index in [2.05, 4.69) is 56.4 Å². The maximum Gasteiger partial charge on any atom is 0.259 e. The molecular formula is C40H40ClNO2. The number of amides is 1. The number of hydrogen-bond donors (Lipinski definition) is 2. The van der Waals surface area contributed by atoms with Crippen molar-refractivity contribution in [1.82, 2.24) is 0 Å². The molecule has 44 heavy (non-hydrogen) atoms. The molecule has 3 nitrogen and oxygen atoms in total. The Hall–Kier alpha value is -4.34. The fraction of sp³-hybridized carbons (Fsp3) is 0.225. The molecule has 0 aliphatic rings. The molecule has 0 atom stereocenters. The summed E-state index contributed by atoms with van der Waals surface area (Å²) in [5.74, 6) is -0.333. The van der Waals surface area contributed by atoms with Crippen LogP contribution in [0.1, 0.15) is 85.3 Å². The standard InChI is InChI=1S/C40H40ClNO2/c1-38(2,3)30-25-32(36(43)34(26-30)39(4,5)6)37(44)42-31-23-21-29(22-24-31)40(27-15-9-7-10-16-27,28-17-11-8-12-18-28)33-19-13-14-20-35(33)41/h7-26,43H,1-6H3,(H,42,44). The third-order valence-corrected chi connectivity index (χ3v) is 8.63. The van der Waals surface area contributed by atoms with Crippen LogP contribution in [0, 0.1) is 0 Å². The van der Waals surface area contributed by atoms with Crippen molar-refractivity contribution in [1.29, 1.82) is 0 Å². The first-order valence-electron chi connectivity index (χ1n) is 15.0. The summed E-state index contributed by atoms with van der Waals surface area (Å²) in [6.07, 6.45) is 0. The van der Waals surface area contributed by atoms with Crippen molar-refractivity contribution in [2.24, 2.45) is 0 Å². The highest BCUT2D eigenvalue weighted by atomic mass is 35.5. The molecule has 0 fully saturated rings. The van der Waals surface area contributed by atoms with Gasteiger partial charge in [0.15, 0.2) is 0 Å². The van der Waals surface area contributed by atoms with Gasteiger partial charge in [-0.1, -0.05) is 150 Å². The van der Waals surface area contributed by atoms with Crippen LogP contribution in [-0.4, -0.2) is 11.0 Å². The number of rotatable bonds is 6. The predicted molar refractivity (Wildman–Crippen MR) is 183 cm³/mol. The molecule has 5 aromatic rings. The van der Waals surface area contributed by atoms with Crippen LogP contribution in [0.4, 0.5) is 5.69 Å². The van der Waals surface area contributed by atoms with Crippen LogP contribution in [0.25, 0.3) is 0 Å². The van der Waals surface area contributed by atoms with E-state index < -0.39 is 5.41 Å². The lowest BCUT2D eigenvalue weighted by Crippen LogP contribution is -2.31. The van der Waals surface area contributed by atoms with E-state index in [1.165, 1.54) is 0 Å². The Balaban J connectivity index is 1.61. The van der Waals surface area contributed by atoms with Crippen LogP contribution in [0.2, 0.25) is 5.02 Å². The molecule has 4 heteroatoms. The molecule has 1 amide bonds. The molecule has 0 radical (unpaired) electrons. The Morgan fingerprint density at radius 2 is 1.09 bits per heavy atom. The summed E-state index contributed by atoms with van der Waals surface area (Å²) in [6, 6.07) is 40.4. The van der Waals surface area contributed by atoms with Gasteiger partial charge in [0.1, 0.15) is 5.75 Å². The van der Waals surface area contributed by atoms with Crippen LogP contribution in [0.3, 0.4) is 0 Å². The second-order valence-electron chi connectivity index (χ2n) is 13.4. The van der Waals surface area contributed by atoms with Gasteiger partial charge in [0.25, 0.3) is 5.91 Å². The van der Waals surface area contributed by atoms with Gasteiger partial charge in [-0.05, 0) is 62.9 Å². The number of phenolic OH excluding ortho intramolecular Hbond substituents is 1. The molecule has 0 aliphatic carbocycles. The largest absolute Gasteiger partial charge is 0.507 e. The minimum absolute atomic E-state index is 0.0190. The Morgan fingerprint density at radius 1 is 0.591 bits per heavy atom. The topological polar surface area (TPSA) is 49.3 Å². The average molecular weight is 602 g/mol. The molecule has 0 aromatic heterocycles. The van der Waals surface area contributed by atoms with E-state index >= 15 is 0 Å². The molecule has 2 N–H and O–H groups in total. The molecule has 0 spiro atoms. The minimum atomic E-state index is -0.704. The highest BCUT2D eigenvalue weighted by molar-refractivity contribution is 6.31. The maximum absolute atomic E-state index is 13.7. The first kappa shape index (κ1) is 31.1. The fourth-order valence-electron chi connectivity index (χ4n) is 5.92. The highest BCUT2D eigenvalue weighted by Crippen LogP contribution is 2.47. The monoisotopic (exact) mass is 601 g/mol. The van der Waals surface area contributed by atoms with E-state index in [0.717, 1.165) is 33.4 Å². The van der Waals surface area contributed by atoms with Gasteiger partial charge >= 0.3 is 0 Å². The van der Waals surface area contributed by atoms with Crippen molar-refractivity contribution in [2.75, 3.05) is 5.32 Å². The molecule has 0 saturated heterocycles. The van der Waals surface area contributed by atoms with Gasteiger partial charge in [-0.15, -0.1) is 0 Å². The van der Waals surface area contributed by atoms with Crippen molar-refractivity contribution < 1.29 is 9.90 Å². The smallest absolute Gasteiger partial charge is 0.259 e. The highest BCUT2D eigenvalue weighted by Gasteiger charge is 2.39. The van der Waals surface area contributed by atoms with Crippen molar-refractivity contribution in [3.05, 3.63) is 165 Å². The van der Waals surface area contributed by atoms with Crippen LogP contribution >= 0.6 is 11.6 Å². The number of phenols is 1. The van der Waals surface area contributed by atoms with Crippen molar-refractivity contribution in [3.8, 4) is 5.75 Å². The van der Waals surface area contributed by atoms with Gasteiger partial charge in [0, 0.05) is 16.3 Å². The fourth-order valence-corrected chi connectivity index (χ4v) is 6.20. The summed E-state index contributed by atoms with van der Waals surface area (Å²) in [7, 11) is 0. The lowest BCUT2D eigenvalue weighted by molar-refractivity contribution is 0.102. The number of hydrogen-bond acceptors (Lipinski definition) is 2. The van der Waals surface area contributed by atoms with Crippen LogP contribution in [0.15, 0.2) is 121 Å². The van der Waals surface area contributed by atoms with Gasteiger partial charge in [0.2, 0.25) is 0 Å². The number of anilines is 1. The Bertz CT molecular complexity index is 1720. The van der Waals surface area contributed by atoms with Gasteiger partial charge in [-0.25, -0.2) is 0 Å². The number of carbonyl (C=O) groups is 1. The number of nitrogens with one attached hydrogen (secondary N) is 1. The first-order chi connectivity index (χ1) is 20.8. The summed E-state index contributed by atoms with van der Waals surface area (Å²) in [5, 5.41) is 15.0. The molecule has 0 unspecified atom stereocenters. The SMILES string of the molecule is CC(C)(C)c1cc(C(=O)Nc2ccc(C(c3ccccc3)(c3ccccc3)c3ccccc3Cl)cc2)c(O)c(C(C)(C)C)c1. The molecular weight excluding hydrogens is 562 g/mol. The molecule has 0 aliphatic heterocycles. The normalized spacial score (nSPS) is 12.2. The van der Waals surface area contributed by atoms with Crippen LogP contribution < -0.4 is 5.32 Å². The lowest BCUT2D eigenvalue weighted by atomic mass is 9.65. The lowest BCUT2D eigenvalue weighted by Gasteiger charge is -2.37. The molecule has 0 bridgehead atoms. The van der Waals surface area contributed by atoms with Crippen molar-refractivity contribution >= 4 is 23.2 Å². The number of carbonyl (C=O) groups excluding carboxylic acids is 1. The van der Waals surface area contributed by atoms with Gasteiger partial charge in [-0.2, -0.15) is 0 Å². The second kappa shape index (κ2) is 12.0. The van der Waals surface area contributed by atoms with Gasteiger partial charge in [-0.3, -0.25) is 4.79 Å². The average Bonchev–Trinajstić information content (AvgIpc) is 2.99. The van der Waals surface area contributed by atoms with E-state index in [0.29, 0.717) is 10.7 Å². The third-order valence-electron chi connectivity index (χ3n) is 8.30. The molecule has 5 aromatic carbocycles. The number of aromatic hydroxyl groups is 1. The van der Waals surface area contributed by atoms with E-state index in [4.69, 9.17) is 11.6 Å². The zero-order valence-corrected chi connectivity index (χ0v) is 27.0. The summed E-state index contributed by atoms with van der Waals surface area (Å²) in [6.45, 7) is 12.4. The van der Waals surface area contributed by atoms with E-state index in [9.17, 15) is 9.90 Å². The second-order valence-corrected chi connectivity index (χ2v) is 13.8. The Labute approximate surface area is 266 Å². The zero-order valence-electron chi connectivity index (χ0n) is 26.3. The van der Waals surface area contributed by atoms with E-state index in [1.54, 1.807) is 0 Å². The summed E-state index contributed by atoms with van der Waals surface area (Å²) < 4.78 is 0. The van der Waals surface area contributed by atoms with E-state index in [1.807, 2.05) is 112 Å². The summed E-state index contributed by atoms with van der Waals surface area (Å²) in [4.78, 5) is 13.7. The van der Waals surface area contributed by atoms with Crippen molar-refractivity contribution in [2.45, 2.75) is 57.8 Å². The molecule has 5 rings (SSSR count). The van der Waals surface area contributed by atoms with Crippen LogP contribution in [0.5, 0.6) is 5.75 Å². The first-order valence-corrected chi connectivity index (χ1v) is 15.4. The van der Waals surface area contributed by atoms with E-state index in [-0.39, 0.29) is 28.1 Å². The molecule has 0 heterocycles. The summed E-state index contributed by atoms with van der Waals surface area (Å²) in [5.41, 5.74) is 5.55. The van der Waals surface area contributed by atoms with Crippen molar-refractivity contribution in [3.63, 3.8) is 0 Å². The Morgan fingerprint density at radius 3 is 1.59 bits per heavy atom. The minimum Gasteiger partial charge on any atom is -0.507 e. The molecule has 224 valence electrons. The number of benzene rings is 5. The predicted octanol–water partition coefficient (Wildman–Crippen LogP) is 10.3. The maximum atomic E-state index is 13.7. The Kier molecular flexibility index (Phi) is 8.46. The number of halogens is 1. The third kappa shape index (κ3) is 5.89. The van der Waals surface area contributed by atoms with Gasteiger partial charge in [0.05, 0.1) is 11.0 Å².